The van der Waals surface area contributed by atoms with E-state index in [9.17, 15) is 4.79 Å². The first-order chi connectivity index (χ1) is 12.7. The van der Waals surface area contributed by atoms with E-state index < -0.39 is 0 Å². The second-order valence-corrected chi connectivity index (χ2v) is 7.37. The van der Waals surface area contributed by atoms with E-state index in [4.69, 9.17) is 0 Å². The first-order valence-corrected chi connectivity index (χ1v) is 9.44. The van der Waals surface area contributed by atoms with Crippen LogP contribution >= 0.6 is 0 Å². The number of nitrogens with zero attached hydrogens (tertiary/aromatic N) is 3. The number of piperidine rings is 1. The van der Waals surface area contributed by atoms with Crippen LogP contribution in [0.4, 0.5) is 5.82 Å². The number of hydrogen-bond acceptors (Lipinski definition) is 4. The third-order valence-electron chi connectivity index (χ3n) is 5.61. The number of carbonyl (C=O) groups excluding carboxylic acids is 1. The van der Waals surface area contributed by atoms with Gasteiger partial charge in [0.05, 0.1) is 5.56 Å². The highest BCUT2D eigenvalue weighted by Gasteiger charge is 2.36. The lowest BCUT2D eigenvalue weighted by molar-refractivity contribution is 0.0963. The fourth-order valence-corrected chi connectivity index (χ4v) is 4.32. The van der Waals surface area contributed by atoms with Gasteiger partial charge in [0.25, 0.3) is 5.91 Å². The van der Waals surface area contributed by atoms with E-state index in [-0.39, 0.29) is 5.91 Å². The van der Waals surface area contributed by atoms with Gasteiger partial charge >= 0.3 is 0 Å². The summed E-state index contributed by atoms with van der Waals surface area (Å²) >= 11 is 0. The van der Waals surface area contributed by atoms with Crippen molar-refractivity contribution in [1.82, 2.24) is 15.2 Å². The Balaban J connectivity index is 1.56. The Kier molecular flexibility index (Phi) is 4.89. The van der Waals surface area contributed by atoms with E-state index in [1.165, 1.54) is 18.4 Å². The Labute approximate surface area is 155 Å². The van der Waals surface area contributed by atoms with Gasteiger partial charge in [-0.3, -0.25) is 9.69 Å². The van der Waals surface area contributed by atoms with Gasteiger partial charge in [-0.1, -0.05) is 30.3 Å². The molecule has 1 N–H and O–H groups in total. The zero-order valence-corrected chi connectivity index (χ0v) is 15.3. The van der Waals surface area contributed by atoms with Crippen LogP contribution < -0.4 is 10.2 Å². The molecule has 2 aromatic rings. The molecule has 0 spiro atoms. The van der Waals surface area contributed by atoms with Gasteiger partial charge in [-0.2, -0.15) is 0 Å². The van der Waals surface area contributed by atoms with Crippen LogP contribution in [0.1, 0.15) is 28.8 Å². The van der Waals surface area contributed by atoms with Crippen molar-refractivity contribution in [2.24, 2.45) is 5.92 Å². The average Bonchev–Trinajstić information content (AvgIpc) is 3.00. The van der Waals surface area contributed by atoms with E-state index >= 15 is 0 Å². The minimum Gasteiger partial charge on any atom is -0.355 e. The molecule has 5 rings (SSSR count). The summed E-state index contributed by atoms with van der Waals surface area (Å²) in [4.78, 5) is 21.8. The van der Waals surface area contributed by atoms with Crippen LogP contribution in [-0.2, 0) is 6.54 Å². The molecule has 3 aliphatic heterocycles. The van der Waals surface area contributed by atoms with E-state index in [0.29, 0.717) is 17.5 Å². The van der Waals surface area contributed by atoms with Gasteiger partial charge < -0.3 is 10.2 Å². The molecule has 136 valence electrons. The summed E-state index contributed by atoms with van der Waals surface area (Å²) in [6.07, 6.45) is 4.26. The summed E-state index contributed by atoms with van der Waals surface area (Å²) in [6, 6.07) is 14.9. The van der Waals surface area contributed by atoms with E-state index in [1.807, 2.05) is 12.1 Å². The minimum atomic E-state index is -0.0640. The molecule has 5 nitrogen and oxygen atoms in total. The predicted octanol–water partition coefficient (Wildman–Crippen LogP) is 2.54. The largest absolute Gasteiger partial charge is 0.355 e. The summed E-state index contributed by atoms with van der Waals surface area (Å²) in [5.41, 5.74) is 2.04. The maximum absolute atomic E-state index is 12.3. The number of aromatic nitrogens is 1. The van der Waals surface area contributed by atoms with Crippen molar-refractivity contribution in [3.63, 3.8) is 0 Å². The maximum atomic E-state index is 12.3. The molecular weight excluding hydrogens is 324 g/mol. The fourth-order valence-electron chi connectivity index (χ4n) is 4.32. The highest BCUT2D eigenvalue weighted by molar-refractivity contribution is 5.98. The second kappa shape index (κ2) is 7.46. The number of rotatable bonds is 4. The summed E-state index contributed by atoms with van der Waals surface area (Å²) in [6.45, 7) is 4.03. The molecule has 26 heavy (non-hydrogen) atoms. The Bertz CT molecular complexity index is 764. The van der Waals surface area contributed by atoms with E-state index in [2.05, 4.69) is 50.4 Å². The average molecular weight is 350 g/mol. The number of benzene rings is 1. The molecule has 3 fully saturated rings. The van der Waals surface area contributed by atoms with Crippen molar-refractivity contribution < 1.29 is 4.79 Å². The minimum absolute atomic E-state index is 0.0640. The number of fused-ring (bicyclic) bond motifs is 4. The number of hydrogen-bond donors (Lipinski definition) is 1. The van der Waals surface area contributed by atoms with Crippen molar-refractivity contribution >= 4 is 11.7 Å². The van der Waals surface area contributed by atoms with Crippen LogP contribution in [0.3, 0.4) is 0 Å². The zero-order valence-electron chi connectivity index (χ0n) is 15.3. The molecule has 4 heterocycles. The normalized spacial score (nSPS) is 22.9. The van der Waals surface area contributed by atoms with Crippen LogP contribution in [0.5, 0.6) is 0 Å². The predicted molar refractivity (Wildman–Crippen MR) is 103 cm³/mol. The van der Waals surface area contributed by atoms with E-state index in [0.717, 1.165) is 32.0 Å². The van der Waals surface area contributed by atoms with Gasteiger partial charge in [-0.05, 0) is 36.5 Å². The van der Waals surface area contributed by atoms with Gasteiger partial charge in [0.2, 0.25) is 0 Å². The molecule has 0 saturated carbocycles. The molecule has 1 aromatic heterocycles. The number of nitrogens with one attached hydrogen (secondary N) is 1. The first kappa shape index (κ1) is 17.0. The van der Waals surface area contributed by atoms with Crippen LogP contribution in [0.15, 0.2) is 48.7 Å². The first-order valence-electron chi connectivity index (χ1n) is 9.44. The van der Waals surface area contributed by atoms with Gasteiger partial charge in [-0.25, -0.2) is 4.98 Å². The van der Waals surface area contributed by atoms with Crippen molar-refractivity contribution in [2.75, 3.05) is 31.6 Å². The number of amides is 1. The molecule has 3 aliphatic rings. The maximum Gasteiger partial charge on any atom is 0.254 e. The molecule has 0 unspecified atom stereocenters. The molecule has 1 aromatic carbocycles. The molecule has 5 heteroatoms. The number of anilines is 1. The number of pyridine rings is 1. The molecule has 0 radical (unpaired) electrons. The van der Waals surface area contributed by atoms with Crippen LogP contribution in [-0.4, -0.2) is 48.5 Å². The van der Waals surface area contributed by atoms with Crippen molar-refractivity contribution in [2.45, 2.75) is 25.4 Å². The van der Waals surface area contributed by atoms with Crippen molar-refractivity contribution in [3.05, 3.63) is 59.8 Å². The van der Waals surface area contributed by atoms with E-state index in [1.54, 1.807) is 13.2 Å². The molecular formula is C21H26N4O. The zero-order chi connectivity index (χ0) is 17.9. The topological polar surface area (TPSA) is 48.5 Å². The van der Waals surface area contributed by atoms with Gasteiger partial charge in [-0.15, -0.1) is 0 Å². The lowest BCUT2D eigenvalue weighted by Gasteiger charge is -2.36. The van der Waals surface area contributed by atoms with Crippen molar-refractivity contribution in [1.29, 1.82) is 0 Å². The smallest absolute Gasteiger partial charge is 0.254 e. The Morgan fingerprint density at radius 1 is 1.12 bits per heavy atom. The monoisotopic (exact) mass is 350 g/mol. The summed E-state index contributed by atoms with van der Waals surface area (Å²) in [5, 5.41) is 2.74. The molecule has 3 saturated heterocycles. The van der Waals surface area contributed by atoms with Crippen LogP contribution in [0, 0.1) is 5.92 Å². The molecule has 2 atom stereocenters. The molecule has 1 amide bonds. The number of carbonyl (C=O) groups is 1. The Hall–Kier alpha value is -2.40. The lowest BCUT2D eigenvalue weighted by Crippen LogP contribution is -2.43. The molecule has 0 aliphatic carbocycles. The van der Waals surface area contributed by atoms with Gasteiger partial charge in [0.1, 0.15) is 5.82 Å². The molecule has 2 bridgehead atoms. The highest BCUT2D eigenvalue weighted by Crippen LogP contribution is 2.32. The fraction of sp³-hybridized carbons (Fsp3) is 0.429. The Morgan fingerprint density at radius 2 is 1.96 bits per heavy atom. The van der Waals surface area contributed by atoms with Crippen LogP contribution in [0.2, 0.25) is 0 Å². The Morgan fingerprint density at radius 3 is 2.77 bits per heavy atom. The third-order valence-corrected chi connectivity index (χ3v) is 5.61. The third kappa shape index (κ3) is 3.44. The highest BCUT2D eigenvalue weighted by atomic mass is 16.1. The summed E-state index contributed by atoms with van der Waals surface area (Å²) in [5.74, 6) is 1.38. The summed E-state index contributed by atoms with van der Waals surface area (Å²) < 4.78 is 0. The quantitative estimate of drug-likeness (QED) is 0.921. The van der Waals surface area contributed by atoms with Gasteiger partial charge in [0.15, 0.2) is 0 Å². The standard InChI is InChI=1S/C21H26N4O/c1-22-21(26)19-8-5-11-23-20(19)25-14-17-9-10-18(15-25)24(13-17)12-16-6-3-2-4-7-16/h2-8,11,17-18H,9-10,12-15H2,1H3,(H,22,26)/t17-,18-/m1/s1. The SMILES string of the molecule is CNC(=O)c1cccnc1N1C[C@@H]2CC[C@H](C1)N(Cc1ccccc1)C2. The van der Waals surface area contributed by atoms with Gasteiger partial charge in [0, 0.05) is 45.5 Å². The van der Waals surface area contributed by atoms with Crippen molar-refractivity contribution in [3.8, 4) is 0 Å². The van der Waals surface area contributed by atoms with Crippen LogP contribution in [0.25, 0.3) is 0 Å². The lowest BCUT2D eigenvalue weighted by atomic mass is 9.94. The summed E-state index contributed by atoms with van der Waals surface area (Å²) in [7, 11) is 1.67. The second-order valence-electron chi connectivity index (χ2n) is 7.37.